The Kier molecular flexibility index (Phi) is 5.96. The minimum Gasteiger partial charge on any atom is -0.456 e. The molecule has 51 heavy (non-hydrogen) atoms. The summed E-state index contributed by atoms with van der Waals surface area (Å²) in [6, 6.07) is 62.6. The lowest BCUT2D eigenvalue weighted by atomic mass is 9.98. The Morgan fingerprint density at radius 3 is 1.43 bits per heavy atom. The molecule has 0 aliphatic carbocycles. The fourth-order valence-electron chi connectivity index (χ4n) is 7.99. The lowest BCUT2D eigenvalue weighted by Crippen LogP contribution is -1.95. The van der Waals surface area contributed by atoms with Crippen molar-refractivity contribution in [2.75, 3.05) is 0 Å². The number of furan rings is 2. The first-order valence-electron chi connectivity index (χ1n) is 17.3. The molecule has 0 saturated carbocycles. The van der Waals surface area contributed by atoms with Crippen LogP contribution in [0.25, 0.3) is 105 Å². The van der Waals surface area contributed by atoms with E-state index in [0.29, 0.717) is 0 Å². The molecule has 0 unspecified atom stereocenters. The summed E-state index contributed by atoms with van der Waals surface area (Å²) < 4.78 is 15.1. The van der Waals surface area contributed by atoms with Crippen LogP contribution in [0.2, 0.25) is 0 Å². The summed E-state index contributed by atoms with van der Waals surface area (Å²) in [5, 5.41) is 6.88. The van der Waals surface area contributed by atoms with Crippen molar-refractivity contribution in [2.24, 2.45) is 0 Å². The Hall–Kier alpha value is -6.84. The van der Waals surface area contributed by atoms with Crippen LogP contribution in [-0.2, 0) is 0 Å². The first-order chi connectivity index (χ1) is 25.3. The number of aromatic nitrogens is 1. The summed E-state index contributed by atoms with van der Waals surface area (Å²) in [5.74, 6) is 0. The van der Waals surface area contributed by atoms with Crippen LogP contribution < -0.4 is 0 Å². The van der Waals surface area contributed by atoms with Gasteiger partial charge in [-0.15, -0.1) is 0 Å². The molecule has 3 heterocycles. The van der Waals surface area contributed by atoms with Gasteiger partial charge in [0.25, 0.3) is 0 Å². The van der Waals surface area contributed by atoms with Crippen molar-refractivity contribution >= 4 is 65.7 Å². The van der Waals surface area contributed by atoms with Crippen LogP contribution in [0.15, 0.2) is 185 Å². The molecule has 0 atom stereocenters. The molecule has 3 nitrogen and oxygen atoms in total. The molecule has 238 valence electrons. The summed E-state index contributed by atoms with van der Waals surface area (Å²) in [4.78, 5) is 0. The molecule has 0 aliphatic rings. The van der Waals surface area contributed by atoms with E-state index in [4.69, 9.17) is 8.83 Å². The van der Waals surface area contributed by atoms with Gasteiger partial charge < -0.3 is 13.4 Å². The smallest absolute Gasteiger partial charge is 0.135 e. The number of nitrogens with zero attached hydrogens (tertiary/aromatic N) is 1. The zero-order valence-electron chi connectivity index (χ0n) is 27.5. The molecule has 0 fully saturated rings. The molecule has 0 N–H and O–H groups in total. The predicted molar refractivity (Wildman–Crippen MR) is 212 cm³/mol. The second-order valence-corrected chi connectivity index (χ2v) is 13.3. The van der Waals surface area contributed by atoms with Gasteiger partial charge >= 0.3 is 0 Å². The third kappa shape index (κ3) is 4.32. The molecule has 11 aromatic rings. The highest BCUT2D eigenvalue weighted by Gasteiger charge is 2.19. The molecule has 11 rings (SSSR count). The molecular formula is C48H29NO2. The zero-order valence-corrected chi connectivity index (χ0v) is 27.5. The van der Waals surface area contributed by atoms with Crippen molar-refractivity contribution in [1.29, 1.82) is 0 Å². The van der Waals surface area contributed by atoms with Gasteiger partial charge in [-0.25, -0.2) is 0 Å². The summed E-state index contributed by atoms with van der Waals surface area (Å²) in [6.45, 7) is 0. The Bertz CT molecular complexity index is 3130. The standard InChI is InChI=1S/C48H29NO2/c1-3-10-30(11-4-1)32-18-22-44-39(26-32)41-28-34(20-24-46(41)50-44)36-15-9-16-38-37-14-7-8-17-43(37)49(48(36)38)35-21-25-47-42(29-35)40-27-33(19-23-45(40)51-47)31-12-5-2-6-13-31/h1-29H. The molecule has 8 aromatic carbocycles. The van der Waals surface area contributed by atoms with Crippen molar-refractivity contribution in [3.8, 4) is 39.1 Å². The van der Waals surface area contributed by atoms with Gasteiger partial charge in [0.1, 0.15) is 22.3 Å². The van der Waals surface area contributed by atoms with Crippen molar-refractivity contribution in [3.05, 3.63) is 176 Å². The Labute approximate surface area is 293 Å². The van der Waals surface area contributed by atoms with E-state index < -0.39 is 0 Å². The van der Waals surface area contributed by atoms with Crippen LogP contribution in [0.3, 0.4) is 0 Å². The van der Waals surface area contributed by atoms with E-state index in [0.717, 1.165) is 55.1 Å². The summed E-state index contributed by atoms with van der Waals surface area (Å²) >= 11 is 0. The SMILES string of the molecule is c1ccc(-c2ccc3oc4ccc(-c5cccc6c7ccccc7n(-c7ccc8oc9ccc(-c%10ccccc%10)cc9c8c7)c56)cc4c3c2)cc1. The van der Waals surface area contributed by atoms with Crippen molar-refractivity contribution < 1.29 is 8.83 Å². The first kappa shape index (κ1) is 28.0. The number of hydrogen-bond donors (Lipinski definition) is 0. The maximum Gasteiger partial charge on any atom is 0.135 e. The third-order valence-corrected chi connectivity index (χ3v) is 10.4. The maximum absolute atomic E-state index is 6.37. The number of rotatable bonds is 4. The third-order valence-electron chi connectivity index (χ3n) is 10.4. The van der Waals surface area contributed by atoms with Gasteiger partial charge in [-0.1, -0.05) is 115 Å². The van der Waals surface area contributed by atoms with Crippen LogP contribution in [0.5, 0.6) is 0 Å². The van der Waals surface area contributed by atoms with Gasteiger partial charge in [0.2, 0.25) is 0 Å². The molecule has 0 bridgehead atoms. The van der Waals surface area contributed by atoms with Gasteiger partial charge in [0.05, 0.1) is 11.0 Å². The highest BCUT2D eigenvalue weighted by atomic mass is 16.3. The zero-order chi connectivity index (χ0) is 33.5. The van der Waals surface area contributed by atoms with E-state index in [2.05, 4.69) is 180 Å². The van der Waals surface area contributed by atoms with Crippen LogP contribution in [0, 0.1) is 0 Å². The van der Waals surface area contributed by atoms with Crippen molar-refractivity contribution in [2.45, 2.75) is 0 Å². The number of fused-ring (bicyclic) bond motifs is 9. The van der Waals surface area contributed by atoms with Crippen molar-refractivity contribution in [3.63, 3.8) is 0 Å². The van der Waals surface area contributed by atoms with Gasteiger partial charge in [-0.2, -0.15) is 0 Å². The molecule has 0 amide bonds. The highest BCUT2D eigenvalue weighted by molar-refractivity contribution is 6.16. The Morgan fingerprint density at radius 1 is 0.314 bits per heavy atom. The van der Waals surface area contributed by atoms with E-state index in [1.807, 2.05) is 0 Å². The first-order valence-corrected chi connectivity index (χ1v) is 17.3. The number of benzene rings is 8. The summed E-state index contributed by atoms with van der Waals surface area (Å²) in [5.41, 5.74) is 14.0. The second kappa shape index (κ2) is 10.8. The second-order valence-electron chi connectivity index (χ2n) is 13.3. The molecule has 0 aliphatic heterocycles. The molecule has 0 saturated heterocycles. The lowest BCUT2D eigenvalue weighted by molar-refractivity contribution is 0.668. The monoisotopic (exact) mass is 651 g/mol. The predicted octanol–water partition coefficient (Wildman–Crippen LogP) is 13.6. The summed E-state index contributed by atoms with van der Waals surface area (Å²) in [7, 11) is 0. The van der Waals surface area contributed by atoms with Crippen LogP contribution in [-0.4, -0.2) is 4.57 Å². The van der Waals surface area contributed by atoms with Gasteiger partial charge in [0, 0.05) is 43.6 Å². The molecule has 3 heteroatoms. The number of para-hydroxylation sites is 2. The average Bonchev–Trinajstić information content (AvgIpc) is 3.87. The minimum atomic E-state index is 0.882. The Morgan fingerprint density at radius 2 is 0.804 bits per heavy atom. The normalized spacial score (nSPS) is 11.9. The molecule has 0 radical (unpaired) electrons. The van der Waals surface area contributed by atoms with E-state index in [-0.39, 0.29) is 0 Å². The molecule has 3 aromatic heterocycles. The molecule has 0 spiro atoms. The van der Waals surface area contributed by atoms with E-state index in [9.17, 15) is 0 Å². The fourth-order valence-corrected chi connectivity index (χ4v) is 7.99. The minimum absolute atomic E-state index is 0.882. The maximum atomic E-state index is 6.37. The largest absolute Gasteiger partial charge is 0.456 e. The number of hydrogen-bond acceptors (Lipinski definition) is 2. The van der Waals surface area contributed by atoms with E-state index in [1.54, 1.807) is 0 Å². The lowest BCUT2D eigenvalue weighted by Gasteiger charge is -2.12. The van der Waals surface area contributed by atoms with Gasteiger partial charge in [-0.3, -0.25) is 0 Å². The van der Waals surface area contributed by atoms with Crippen LogP contribution in [0.1, 0.15) is 0 Å². The highest BCUT2D eigenvalue weighted by Crippen LogP contribution is 2.42. The molecular weight excluding hydrogens is 623 g/mol. The van der Waals surface area contributed by atoms with Crippen LogP contribution >= 0.6 is 0 Å². The summed E-state index contributed by atoms with van der Waals surface area (Å²) in [6.07, 6.45) is 0. The Balaban J connectivity index is 1.14. The quantitative estimate of drug-likeness (QED) is 0.190. The van der Waals surface area contributed by atoms with Crippen molar-refractivity contribution in [1.82, 2.24) is 4.57 Å². The topological polar surface area (TPSA) is 31.2 Å². The van der Waals surface area contributed by atoms with E-state index in [1.165, 1.54) is 49.6 Å². The van der Waals surface area contributed by atoms with Crippen LogP contribution in [0.4, 0.5) is 0 Å². The average molecular weight is 652 g/mol. The fraction of sp³-hybridized carbons (Fsp3) is 0. The van der Waals surface area contributed by atoms with E-state index >= 15 is 0 Å². The van der Waals surface area contributed by atoms with Gasteiger partial charge in [0.15, 0.2) is 0 Å². The van der Waals surface area contributed by atoms with Gasteiger partial charge in [-0.05, 0) is 88.5 Å².